The predicted octanol–water partition coefficient (Wildman–Crippen LogP) is 7.33. The van der Waals surface area contributed by atoms with Gasteiger partial charge in [0.1, 0.15) is 23.8 Å². The van der Waals surface area contributed by atoms with E-state index in [1.165, 1.54) is 11.9 Å². The number of aryl methyl sites for hydroxylation is 1. The molecule has 53 heavy (non-hydrogen) atoms. The molecule has 0 unspecified atom stereocenters. The Morgan fingerprint density at radius 3 is 2.36 bits per heavy atom. The highest BCUT2D eigenvalue weighted by Crippen LogP contribution is 2.29. The van der Waals surface area contributed by atoms with Gasteiger partial charge in [0.15, 0.2) is 0 Å². The van der Waals surface area contributed by atoms with Crippen LogP contribution in [0.5, 0.6) is 0 Å². The number of nitrogens with one attached hydrogen (secondary N) is 2. The molecule has 2 aromatic carbocycles. The monoisotopic (exact) mass is 717 g/mol. The zero-order valence-corrected chi connectivity index (χ0v) is 31.9. The van der Waals surface area contributed by atoms with Gasteiger partial charge in [-0.2, -0.15) is 0 Å². The third-order valence-electron chi connectivity index (χ3n) is 10.0. The molecule has 0 spiro atoms. The maximum atomic E-state index is 15.5. The van der Waals surface area contributed by atoms with E-state index >= 15 is 4.39 Å². The van der Waals surface area contributed by atoms with E-state index in [0.717, 1.165) is 79.6 Å². The number of carbonyl (C=O) groups excluding carboxylic acids is 1. The Hall–Kier alpha value is -5.16. The van der Waals surface area contributed by atoms with Crippen LogP contribution in [0.2, 0.25) is 0 Å². The molecule has 2 aromatic heterocycles. The number of piperazine rings is 1. The summed E-state index contributed by atoms with van der Waals surface area (Å²) >= 11 is 0. The van der Waals surface area contributed by atoms with Crippen LogP contribution in [0.15, 0.2) is 83.9 Å². The predicted molar refractivity (Wildman–Crippen MR) is 213 cm³/mol. The zero-order valence-electron chi connectivity index (χ0n) is 31.9. The Kier molecular flexibility index (Phi) is 11.8. The summed E-state index contributed by atoms with van der Waals surface area (Å²) in [6, 6.07) is 18.0. The largest absolute Gasteiger partial charge is 0.368 e. The van der Waals surface area contributed by atoms with Crippen LogP contribution in [0, 0.1) is 18.2 Å². The number of nitrogens with zero attached hydrogens (tertiary/aromatic N) is 7. The summed E-state index contributed by atoms with van der Waals surface area (Å²) in [7, 11) is 0. The van der Waals surface area contributed by atoms with Crippen molar-refractivity contribution >= 4 is 34.6 Å². The number of pyridine rings is 1. The van der Waals surface area contributed by atoms with E-state index in [9.17, 15) is 4.79 Å². The molecule has 0 bridgehead atoms. The maximum Gasteiger partial charge on any atom is 0.223 e. The standard InChI is InChI=1S/C42H52FN9O/c1-7-38(42(4,5)6)48-30(3)23-32-24-36(43)35(22-29(32)2)37-25-40(46-27-45-37)49-39-13-12-34(26-44-39)51-20-18-50(19-21-51)16-14-31-8-10-33(11-9-31)52-17-15-41(53)47-28-52/h7-13,22,24-27H,14-21,23,28H2,1-6H3,(H,47,53)(H,44,45,46,49)/b38-7-,48-30?. The van der Waals surface area contributed by atoms with Gasteiger partial charge in [0, 0.05) is 86.3 Å². The van der Waals surface area contributed by atoms with Crippen LogP contribution >= 0.6 is 0 Å². The summed E-state index contributed by atoms with van der Waals surface area (Å²) in [5.74, 6) is 0.999. The number of halogens is 1. The molecule has 11 heteroatoms. The number of allylic oxidation sites excluding steroid dienone is 2. The molecule has 2 N–H and O–H groups in total. The topological polar surface area (TPSA) is 102 Å². The first-order valence-corrected chi connectivity index (χ1v) is 18.6. The molecule has 10 nitrogen and oxygen atoms in total. The van der Waals surface area contributed by atoms with Gasteiger partial charge in [0.05, 0.1) is 24.2 Å². The van der Waals surface area contributed by atoms with Crippen LogP contribution in [0.4, 0.5) is 27.4 Å². The molecule has 278 valence electrons. The van der Waals surface area contributed by atoms with Crippen LogP contribution in [0.3, 0.4) is 0 Å². The molecule has 0 radical (unpaired) electrons. The fourth-order valence-electron chi connectivity index (χ4n) is 6.84. The van der Waals surface area contributed by atoms with Crippen LogP contribution in [0.1, 0.15) is 57.7 Å². The van der Waals surface area contributed by atoms with Gasteiger partial charge in [-0.15, -0.1) is 0 Å². The van der Waals surface area contributed by atoms with Crippen molar-refractivity contribution in [1.82, 2.24) is 25.2 Å². The molecular weight excluding hydrogens is 666 g/mol. The Morgan fingerprint density at radius 1 is 0.943 bits per heavy atom. The van der Waals surface area contributed by atoms with Gasteiger partial charge in [-0.3, -0.25) is 14.7 Å². The third kappa shape index (κ3) is 9.84. The summed E-state index contributed by atoms with van der Waals surface area (Å²) in [5.41, 5.74) is 8.29. The minimum atomic E-state index is -0.326. The average Bonchev–Trinajstić information content (AvgIpc) is 3.15. The molecule has 4 aromatic rings. The highest BCUT2D eigenvalue weighted by Gasteiger charge is 2.20. The smallest absolute Gasteiger partial charge is 0.223 e. The van der Waals surface area contributed by atoms with E-state index in [1.54, 1.807) is 12.1 Å². The number of carbonyl (C=O) groups is 1. The fourth-order valence-corrected chi connectivity index (χ4v) is 6.84. The quantitative estimate of drug-likeness (QED) is 0.156. The van der Waals surface area contributed by atoms with Crippen molar-refractivity contribution in [3.8, 4) is 11.3 Å². The minimum Gasteiger partial charge on any atom is -0.368 e. The number of hydrogen-bond acceptors (Lipinski definition) is 9. The first-order valence-electron chi connectivity index (χ1n) is 18.6. The number of hydrogen-bond donors (Lipinski definition) is 2. The van der Waals surface area contributed by atoms with E-state index in [1.807, 2.05) is 45.2 Å². The second-order valence-corrected chi connectivity index (χ2v) is 15.0. The fraction of sp³-hybridized carbons (Fsp3) is 0.405. The van der Waals surface area contributed by atoms with Crippen molar-refractivity contribution in [2.75, 3.05) is 61.1 Å². The van der Waals surface area contributed by atoms with E-state index in [-0.39, 0.29) is 17.1 Å². The number of aliphatic imine (C=N–C) groups is 1. The van der Waals surface area contributed by atoms with Crippen molar-refractivity contribution in [2.45, 2.75) is 60.8 Å². The molecule has 2 fully saturated rings. The van der Waals surface area contributed by atoms with Gasteiger partial charge in [-0.1, -0.05) is 39.0 Å². The summed E-state index contributed by atoms with van der Waals surface area (Å²) in [5, 5.41) is 6.18. The van der Waals surface area contributed by atoms with E-state index in [4.69, 9.17) is 4.99 Å². The zero-order chi connectivity index (χ0) is 37.5. The number of aromatic nitrogens is 3. The van der Waals surface area contributed by atoms with Gasteiger partial charge in [-0.05, 0) is 80.3 Å². The van der Waals surface area contributed by atoms with Gasteiger partial charge in [-0.25, -0.2) is 19.3 Å². The SMILES string of the molecule is C/C=C(\N=C(C)Cc1cc(F)c(-c2cc(Nc3ccc(N4CCN(CCc5ccc(N6CCC(=O)NC6)cc5)CC4)cn3)ncn2)cc1C)C(C)(C)C. The van der Waals surface area contributed by atoms with Crippen LogP contribution in [-0.4, -0.2) is 77.4 Å². The molecule has 2 saturated heterocycles. The van der Waals surface area contributed by atoms with E-state index in [2.05, 4.69) is 91.4 Å². The summed E-state index contributed by atoms with van der Waals surface area (Å²) in [4.78, 5) is 36.8. The second kappa shape index (κ2) is 16.7. The molecule has 0 saturated carbocycles. The van der Waals surface area contributed by atoms with Crippen molar-refractivity contribution in [3.63, 3.8) is 0 Å². The molecule has 0 aliphatic carbocycles. The minimum absolute atomic E-state index is 0.0552. The van der Waals surface area contributed by atoms with Gasteiger partial charge >= 0.3 is 0 Å². The Morgan fingerprint density at radius 2 is 1.70 bits per heavy atom. The molecule has 0 atom stereocenters. The Labute approximate surface area is 313 Å². The van der Waals surface area contributed by atoms with Crippen LogP contribution < -0.4 is 20.4 Å². The molecule has 2 aliphatic heterocycles. The third-order valence-corrected chi connectivity index (χ3v) is 10.0. The van der Waals surface area contributed by atoms with Gasteiger partial charge in [0.25, 0.3) is 0 Å². The number of rotatable bonds is 11. The first kappa shape index (κ1) is 37.6. The van der Waals surface area contributed by atoms with Crippen LogP contribution in [-0.2, 0) is 17.6 Å². The van der Waals surface area contributed by atoms with Gasteiger partial charge in [0.2, 0.25) is 5.91 Å². The van der Waals surface area contributed by atoms with Crippen molar-refractivity contribution in [3.05, 3.63) is 101 Å². The molecule has 6 rings (SSSR count). The highest BCUT2D eigenvalue weighted by molar-refractivity contribution is 5.85. The molecule has 4 heterocycles. The van der Waals surface area contributed by atoms with Crippen LogP contribution in [0.25, 0.3) is 11.3 Å². The Balaban J connectivity index is 0.999. The van der Waals surface area contributed by atoms with Crippen molar-refractivity contribution < 1.29 is 9.18 Å². The lowest BCUT2D eigenvalue weighted by atomic mass is 9.91. The number of anilines is 4. The lowest BCUT2D eigenvalue weighted by Crippen LogP contribution is -2.47. The average molecular weight is 718 g/mol. The summed E-state index contributed by atoms with van der Waals surface area (Å²) in [6.07, 6.45) is 7.50. The number of amides is 1. The lowest BCUT2D eigenvalue weighted by molar-refractivity contribution is -0.121. The second-order valence-electron chi connectivity index (χ2n) is 15.0. The van der Waals surface area contributed by atoms with E-state index < -0.39 is 0 Å². The van der Waals surface area contributed by atoms with Gasteiger partial charge < -0.3 is 20.4 Å². The molecular formula is C42H52FN9O. The highest BCUT2D eigenvalue weighted by atomic mass is 19.1. The summed E-state index contributed by atoms with van der Waals surface area (Å²) < 4.78 is 15.5. The molecule has 2 aliphatic rings. The molecule has 1 amide bonds. The first-order chi connectivity index (χ1) is 25.4. The van der Waals surface area contributed by atoms with Crippen molar-refractivity contribution in [1.29, 1.82) is 0 Å². The lowest BCUT2D eigenvalue weighted by Gasteiger charge is -2.36. The summed E-state index contributed by atoms with van der Waals surface area (Å²) in [6.45, 7) is 18.6. The van der Waals surface area contributed by atoms with E-state index in [0.29, 0.717) is 42.4 Å². The number of benzene rings is 2. The Bertz CT molecular complexity index is 1930. The normalized spacial score (nSPS) is 16.2. The van der Waals surface area contributed by atoms with Crippen molar-refractivity contribution in [2.24, 2.45) is 10.4 Å². The maximum absolute atomic E-state index is 15.5.